The first-order valence-electron chi connectivity index (χ1n) is 7.88. The van der Waals surface area contributed by atoms with E-state index in [1.54, 1.807) is 12.3 Å². The zero-order chi connectivity index (χ0) is 15.5. The van der Waals surface area contributed by atoms with Gasteiger partial charge in [0.15, 0.2) is 0 Å². The number of likely N-dealkylation sites (tertiary alicyclic amines) is 1. The Bertz CT molecular complexity index is 585. The lowest BCUT2D eigenvalue weighted by molar-refractivity contribution is -0.135. The van der Waals surface area contributed by atoms with Crippen LogP contribution in [0.15, 0.2) is 18.3 Å². The monoisotopic (exact) mass is 374 g/mol. The van der Waals surface area contributed by atoms with Gasteiger partial charge in [0, 0.05) is 44.1 Å². The van der Waals surface area contributed by atoms with Crippen molar-refractivity contribution in [1.82, 2.24) is 20.1 Å². The SMILES string of the molecule is Cc1ncccc1C(=O)N1CCCC(N2CCNCC2=O)C1.Cl.Cl. The molecule has 1 aromatic heterocycles. The first-order chi connectivity index (χ1) is 10.7. The van der Waals surface area contributed by atoms with Crippen molar-refractivity contribution < 1.29 is 9.59 Å². The van der Waals surface area contributed by atoms with E-state index >= 15 is 0 Å². The largest absolute Gasteiger partial charge is 0.337 e. The molecule has 1 atom stereocenters. The van der Waals surface area contributed by atoms with Gasteiger partial charge in [-0.1, -0.05) is 0 Å². The molecule has 0 spiro atoms. The lowest BCUT2D eigenvalue weighted by Crippen LogP contribution is -2.57. The highest BCUT2D eigenvalue weighted by atomic mass is 35.5. The topological polar surface area (TPSA) is 65.5 Å². The van der Waals surface area contributed by atoms with E-state index in [4.69, 9.17) is 0 Å². The number of amides is 2. The second-order valence-corrected chi connectivity index (χ2v) is 5.95. The number of halogens is 2. The van der Waals surface area contributed by atoms with Crippen molar-refractivity contribution in [3.63, 3.8) is 0 Å². The average Bonchev–Trinajstić information content (AvgIpc) is 2.55. The number of pyridine rings is 1. The third kappa shape index (κ3) is 4.37. The maximum atomic E-state index is 12.7. The van der Waals surface area contributed by atoms with Gasteiger partial charge >= 0.3 is 0 Å². The predicted molar refractivity (Wildman–Crippen MR) is 97.0 cm³/mol. The minimum Gasteiger partial charge on any atom is -0.337 e. The van der Waals surface area contributed by atoms with Crippen LogP contribution in [0, 0.1) is 6.92 Å². The number of aromatic nitrogens is 1. The number of nitrogens with zero attached hydrogens (tertiary/aromatic N) is 3. The maximum absolute atomic E-state index is 12.7. The fraction of sp³-hybridized carbons (Fsp3) is 0.562. The van der Waals surface area contributed by atoms with Crippen molar-refractivity contribution in [2.24, 2.45) is 0 Å². The second-order valence-electron chi connectivity index (χ2n) is 5.95. The molecule has 134 valence electrons. The molecule has 0 saturated carbocycles. The van der Waals surface area contributed by atoms with Crippen LogP contribution >= 0.6 is 24.8 Å². The van der Waals surface area contributed by atoms with Gasteiger partial charge in [-0.25, -0.2) is 0 Å². The summed E-state index contributed by atoms with van der Waals surface area (Å²) in [5, 5.41) is 3.09. The van der Waals surface area contributed by atoms with Crippen LogP contribution in [0.3, 0.4) is 0 Å². The Morgan fingerprint density at radius 1 is 1.33 bits per heavy atom. The number of piperazine rings is 1. The summed E-state index contributed by atoms with van der Waals surface area (Å²) in [6.45, 7) is 5.21. The van der Waals surface area contributed by atoms with E-state index < -0.39 is 0 Å². The Morgan fingerprint density at radius 3 is 2.83 bits per heavy atom. The molecule has 3 rings (SSSR count). The molecule has 2 amide bonds. The molecule has 2 aliphatic heterocycles. The predicted octanol–water partition coefficient (Wildman–Crippen LogP) is 1.27. The molecule has 1 N–H and O–H groups in total. The highest BCUT2D eigenvalue weighted by Crippen LogP contribution is 2.19. The van der Waals surface area contributed by atoms with Crippen LogP contribution < -0.4 is 5.32 Å². The number of carbonyl (C=O) groups excluding carboxylic acids is 2. The normalized spacial score (nSPS) is 20.9. The number of rotatable bonds is 2. The summed E-state index contributed by atoms with van der Waals surface area (Å²) in [7, 11) is 0. The van der Waals surface area contributed by atoms with Crippen LogP contribution in [0.1, 0.15) is 28.9 Å². The third-order valence-corrected chi connectivity index (χ3v) is 4.49. The van der Waals surface area contributed by atoms with Gasteiger partial charge in [0.05, 0.1) is 12.1 Å². The maximum Gasteiger partial charge on any atom is 0.255 e. The molecular formula is C16H24Cl2N4O2. The Labute approximate surface area is 154 Å². The van der Waals surface area contributed by atoms with Gasteiger partial charge in [-0.2, -0.15) is 0 Å². The zero-order valence-corrected chi connectivity index (χ0v) is 15.4. The summed E-state index contributed by atoms with van der Waals surface area (Å²) in [5.74, 6) is 0.168. The van der Waals surface area contributed by atoms with Crippen LogP contribution in [-0.4, -0.2) is 65.4 Å². The zero-order valence-electron chi connectivity index (χ0n) is 13.7. The second kappa shape index (κ2) is 9.20. The highest BCUT2D eigenvalue weighted by molar-refractivity contribution is 5.95. The number of hydrogen-bond donors (Lipinski definition) is 1. The number of carbonyl (C=O) groups is 2. The van der Waals surface area contributed by atoms with E-state index in [0.717, 1.165) is 38.2 Å². The number of piperidine rings is 1. The molecule has 2 fully saturated rings. The minimum absolute atomic E-state index is 0. The molecule has 2 aliphatic rings. The van der Waals surface area contributed by atoms with E-state index in [0.29, 0.717) is 18.7 Å². The Kier molecular flexibility index (Phi) is 7.93. The summed E-state index contributed by atoms with van der Waals surface area (Å²) in [5.41, 5.74) is 1.42. The van der Waals surface area contributed by atoms with Crippen molar-refractivity contribution >= 4 is 36.6 Å². The molecule has 24 heavy (non-hydrogen) atoms. The number of aryl methyl sites for hydroxylation is 1. The first-order valence-corrected chi connectivity index (χ1v) is 7.88. The number of hydrogen-bond acceptors (Lipinski definition) is 4. The van der Waals surface area contributed by atoms with Crippen molar-refractivity contribution in [3.05, 3.63) is 29.6 Å². The lowest BCUT2D eigenvalue weighted by atomic mass is 10.0. The molecule has 6 nitrogen and oxygen atoms in total. The van der Waals surface area contributed by atoms with Gasteiger partial charge in [0.1, 0.15) is 0 Å². The lowest BCUT2D eigenvalue weighted by Gasteiger charge is -2.41. The van der Waals surface area contributed by atoms with Crippen molar-refractivity contribution in [3.8, 4) is 0 Å². The summed E-state index contributed by atoms with van der Waals surface area (Å²) >= 11 is 0. The minimum atomic E-state index is 0. The van der Waals surface area contributed by atoms with Crippen molar-refractivity contribution in [1.29, 1.82) is 0 Å². The molecular weight excluding hydrogens is 351 g/mol. The standard InChI is InChI=1S/C16H22N4O2.2ClH/c1-12-14(5-2-6-18-12)16(22)19-8-3-4-13(11-19)20-9-7-17-10-15(20)21;;/h2,5-6,13,17H,3-4,7-11H2,1H3;2*1H. The van der Waals surface area contributed by atoms with Gasteiger partial charge in [-0.3, -0.25) is 14.6 Å². The molecule has 0 bridgehead atoms. The third-order valence-electron chi connectivity index (χ3n) is 4.49. The van der Waals surface area contributed by atoms with Crippen LogP contribution in [0.2, 0.25) is 0 Å². The van der Waals surface area contributed by atoms with Gasteiger partial charge in [0.25, 0.3) is 5.91 Å². The van der Waals surface area contributed by atoms with Gasteiger partial charge in [-0.15, -0.1) is 24.8 Å². The van der Waals surface area contributed by atoms with Gasteiger partial charge in [0.2, 0.25) is 5.91 Å². The van der Waals surface area contributed by atoms with Crippen LogP contribution in [0.25, 0.3) is 0 Å². The molecule has 1 unspecified atom stereocenters. The van der Waals surface area contributed by atoms with E-state index in [9.17, 15) is 9.59 Å². The molecule has 8 heteroatoms. The Morgan fingerprint density at radius 2 is 2.12 bits per heavy atom. The Hall–Kier alpha value is -1.37. The van der Waals surface area contributed by atoms with E-state index in [1.165, 1.54) is 0 Å². The average molecular weight is 375 g/mol. The van der Waals surface area contributed by atoms with E-state index in [2.05, 4.69) is 10.3 Å². The Balaban J connectivity index is 0.00000144. The van der Waals surface area contributed by atoms with Crippen LogP contribution in [0.5, 0.6) is 0 Å². The van der Waals surface area contributed by atoms with Crippen molar-refractivity contribution in [2.75, 3.05) is 32.7 Å². The number of nitrogens with one attached hydrogen (secondary N) is 1. The van der Waals surface area contributed by atoms with E-state index in [-0.39, 0.29) is 42.7 Å². The van der Waals surface area contributed by atoms with E-state index in [1.807, 2.05) is 22.8 Å². The van der Waals surface area contributed by atoms with Gasteiger partial charge < -0.3 is 15.1 Å². The molecule has 0 radical (unpaired) electrons. The van der Waals surface area contributed by atoms with Crippen LogP contribution in [-0.2, 0) is 4.79 Å². The van der Waals surface area contributed by atoms with Gasteiger partial charge in [-0.05, 0) is 31.9 Å². The molecule has 3 heterocycles. The quantitative estimate of drug-likeness (QED) is 0.846. The smallest absolute Gasteiger partial charge is 0.255 e. The molecule has 2 saturated heterocycles. The summed E-state index contributed by atoms with van der Waals surface area (Å²) < 4.78 is 0. The summed E-state index contributed by atoms with van der Waals surface area (Å²) in [4.78, 5) is 32.7. The molecule has 1 aromatic rings. The van der Waals surface area contributed by atoms with Crippen molar-refractivity contribution in [2.45, 2.75) is 25.8 Å². The fourth-order valence-corrected chi connectivity index (χ4v) is 3.28. The highest BCUT2D eigenvalue weighted by Gasteiger charge is 2.32. The molecule has 0 aliphatic carbocycles. The summed E-state index contributed by atoms with van der Waals surface area (Å²) in [6, 6.07) is 3.76. The van der Waals surface area contributed by atoms with Crippen LogP contribution in [0.4, 0.5) is 0 Å². The molecule has 0 aromatic carbocycles. The summed E-state index contributed by atoms with van der Waals surface area (Å²) in [6.07, 6.45) is 3.61. The first kappa shape index (κ1) is 20.7. The fourth-order valence-electron chi connectivity index (χ4n) is 3.28.